The number of hydrogen-bond donors (Lipinski definition) is 2. The average Bonchev–Trinajstić information content (AvgIpc) is 2.66. The summed E-state index contributed by atoms with van der Waals surface area (Å²) in [6.45, 7) is 5.44. The van der Waals surface area contributed by atoms with Gasteiger partial charge >= 0.3 is 0 Å². The minimum Gasteiger partial charge on any atom is -0.397 e. The van der Waals surface area contributed by atoms with Crippen LogP contribution in [0.5, 0.6) is 0 Å². The van der Waals surface area contributed by atoms with Crippen molar-refractivity contribution in [2.45, 2.75) is 77.4 Å². The van der Waals surface area contributed by atoms with Crippen molar-refractivity contribution >= 4 is 11.4 Å². The van der Waals surface area contributed by atoms with E-state index >= 15 is 0 Å². The third kappa shape index (κ3) is 4.32. The molecular formula is C22H33N3O. The average molecular weight is 356 g/mol. The van der Waals surface area contributed by atoms with Crippen molar-refractivity contribution in [2.75, 3.05) is 17.7 Å². The van der Waals surface area contributed by atoms with Gasteiger partial charge in [-0.3, -0.25) is 0 Å². The van der Waals surface area contributed by atoms with Gasteiger partial charge in [-0.1, -0.05) is 6.92 Å². The quantitative estimate of drug-likeness (QED) is 0.721. The molecule has 4 nitrogen and oxygen atoms in total. The molecule has 2 aliphatic rings. The second-order valence-corrected chi connectivity index (χ2v) is 8.42. The number of ether oxygens (including phenoxy) is 1. The molecule has 1 aromatic carbocycles. The van der Waals surface area contributed by atoms with E-state index in [2.05, 4.69) is 25.2 Å². The number of rotatable bonds is 5. The number of anilines is 2. The van der Waals surface area contributed by atoms with Crippen LogP contribution in [0.3, 0.4) is 0 Å². The van der Waals surface area contributed by atoms with Gasteiger partial charge in [0.15, 0.2) is 0 Å². The standard InChI is InChI=1S/C22H33N3O/c1-3-26-19-10-12-22(2,13-11-19)17-5-7-18(8-6-17)25-21-14-16(15-23)4-9-20(21)24/h4,9,14,17-19,25H,3,5-8,10-13,24H2,1-2H3/t17?,18?,19-,22-. The molecule has 0 amide bonds. The lowest BCUT2D eigenvalue weighted by molar-refractivity contribution is -0.0173. The molecule has 3 rings (SSSR count). The van der Waals surface area contributed by atoms with Crippen LogP contribution < -0.4 is 11.1 Å². The predicted molar refractivity (Wildman–Crippen MR) is 107 cm³/mol. The zero-order valence-corrected chi connectivity index (χ0v) is 16.3. The van der Waals surface area contributed by atoms with Crippen molar-refractivity contribution in [1.82, 2.24) is 0 Å². The lowest BCUT2D eigenvalue weighted by Gasteiger charge is -2.46. The van der Waals surface area contributed by atoms with Gasteiger partial charge in [-0.25, -0.2) is 0 Å². The first-order valence-electron chi connectivity index (χ1n) is 10.2. The number of benzene rings is 1. The lowest BCUT2D eigenvalue weighted by Crippen LogP contribution is -2.38. The first kappa shape index (κ1) is 19.0. The number of nitrogens with one attached hydrogen (secondary N) is 1. The fraction of sp³-hybridized carbons (Fsp3) is 0.682. The molecule has 0 aliphatic heterocycles. The molecule has 0 unspecified atom stereocenters. The van der Waals surface area contributed by atoms with Crippen LogP contribution in [0, 0.1) is 22.7 Å². The Balaban J connectivity index is 1.52. The van der Waals surface area contributed by atoms with E-state index in [4.69, 9.17) is 15.7 Å². The highest BCUT2D eigenvalue weighted by atomic mass is 16.5. The van der Waals surface area contributed by atoms with Crippen molar-refractivity contribution in [3.05, 3.63) is 23.8 Å². The first-order chi connectivity index (χ1) is 12.5. The highest BCUT2D eigenvalue weighted by Gasteiger charge is 2.39. The molecule has 26 heavy (non-hydrogen) atoms. The van der Waals surface area contributed by atoms with Crippen LogP contribution >= 0.6 is 0 Å². The highest BCUT2D eigenvalue weighted by molar-refractivity contribution is 5.68. The van der Waals surface area contributed by atoms with Gasteiger partial charge < -0.3 is 15.8 Å². The zero-order chi connectivity index (χ0) is 18.6. The Hall–Kier alpha value is -1.73. The fourth-order valence-electron chi connectivity index (χ4n) is 4.97. The number of nitriles is 1. The third-order valence-corrected chi connectivity index (χ3v) is 6.73. The number of nitrogens with two attached hydrogens (primary N) is 1. The molecule has 2 aliphatic carbocycles. The Labute approximate surface area is 158 Å². The maximum Gasteiger partial charge on any atom is 0.0992 e. The van der Waals surface area contributed by atoms with Crippen LogP contribution in [-0.2, 0) is 4.74 Å². The smallest absolute Gasteiger partial charge is 0.0992 e. The van der Waals surface area contributed by atoms with E-state index < -0.39 is 0 Å². The third-order valence-electron chi connectivity index (χ3n) is 6.73. The van der Waals surface area contributed by atoms with Crippen molar-refractivity contribution in [2.24, 2.45) is 11.3 Å². The van der Waals surface area contributed by atoms with Crippen molar-refractivity contribution < 1.29 is 4.74 Å². The minimum atomic E-state index is 0.464. The summed E-state index contributed by atoms with van der Waals surface area (Å²) in [6, 6.07) is 8.13. The Morgan fingerprint density at radius 2 is 1.88 bits per heavy atom. The summed E-state index contributed by atoms with van der Waals surface area (Å²) < 4.78 is 5.83. The van der Waals surface area contributed by atoms with Gasteiger partial charge in [-0.05, 0) is 87.8 Å². The van der Waals surface area contributed by atoms with Gasteiger partial charge in [0.25, 0.3) is 0 Å². The molecule has 142 valence electrons. The summed E-state index contributed by atoms with van der Waals surface area (Å²) in [5.41, 5.74) is 8.87. The molecule has 1 aromatic rings. The zero-order valence-electron chi connectivity index (χ0n) is 16.3. The second kappa shape index (κ2) is 8.31. The normalized spacial score (nSPS) is 32.0. The summed E-state index contributed by atoms with van der Waals surface area (Å²) in [6.07, 6.45) is 10.5. The Kier molecular flexibility index (Phi) is 6.09. The number of nitrogens with zero attached hydrogens (tertiary/aromatic N) is 1. The Bertz CT molecular complexity index is 635. The molecule has 2 saturated carbocycles. The second-order valence-electron chi connectivity index (χ2n) is 8.42. The number of nitrogen functional groups attached to an aromatic ring is 1. The summed E-state index contributed by atoms with van der Waals surface area (Å²) in [5, 5.41) is 12.7. The highest BCUT2D eigenvalue weighted by Crippen LogP contribution is 2.48. The summed E-state index contributed by atoms with van der Waals surface area (Å²) in [4.78, 5) is 0. The van der Waals surface area contributed by atoms with Gasteiger partial charge in [-0.15, -0.1) is 0 Å². The SMILES string of the molecule is CCO[C@H]1CC[C@](C)(C2CCC(Nc3cc(C#N)ccc3N)CC2)CC1. The Morgan fingerprint density at radius 3 is 2.50 bits per heavy atom. The molecular weight excluding hydrogens is 322 g/mol. The molecule has 0 spiro atoms. The van der Waals surface area contributed by atoms with Crippen LogP contribution in [0.2, 0.25) is 0 Å². The molecule has 0 heterocycles. The maximum absolute atomic E-state index is 9.09. The van der Waals surface area contributed by atoms with E-state index in [1.54, 1.807) is 6.07 Å². The minimum absolute atomic E-state index is 0.464. The lowest BCUT2D eigenvalue weighted by atomic mass is 9.62. The van der Waals surface area contributed by atoms with Crippen LogP contribution in [0.4, 0.5) is 11.4 Å². The van der Waals surface area contributed by atoms with Gasteiger partial charge in [0.05, 0.1) is 29.1 Å². The first-order valence-corrected chi connectivity index (χ1v) is 10.2. The van der Waals surface area contributed by atoms with E-state index in [0.29, 0.717) is 23.1 Å². The van der Waals surface area contributed by atoms with Crippen LogP contribution in [0.25, 0.3) is 0 Å². The van der Waals surface area contributed by atoms with E-state index in [9.17, 15) is 0 Å². The molecule has 0 aromatic heterocycles. The van der Waals surface area contributed by atoms with E-state index in [1.807, 2.05) is 12.1 Å². The van der Waals surface area contributed by atoms with Gasteiger partial charge in [0.2, 0.25) is 0 Å². The molecule has 0 atom stereocenters. The van der Waals surface area contributed by atoms with Crippen LogP contribution in [0.1, 0.15) is 70.8 Å². The van der Waals surface area contributed by atoms with E-state index in [1.165, 1.54) is 51.4 Å². The maximum atomic E-state index is 9.09. The summed E-state index contributed by atoms with van der Waals surface area (Å²) in [7, 11) is 0. The molecule has 2 fully saturated rings. The molecule has 3 N–H and O–H groups in total. The number of hydrogen-bond acceptors (Lipinski definition) is 4. The van der Waals surface area contributed by atoms with Crippen molar-refractivity contribution in [1.29, 1.82) is 5.26 Å². The van der Waals surface area contributed by atoms with E-state index in [-0.39, 0.29) is 0 Å². The Morgan fingerprint density at radius 1 is 1.19 bits per heavy atom. The fourth-order valence-corrected chi connectivity index (χ4v) is 4.97. The molecule has 0 saturated heterocycles. The van der Waals surface area contributed by atoms with Gasteiger partial charge in [-0.2, -0.15) is 5.26 Å². The monoisotopic (exact) mass is 355 g/mol. The molecule has 0 radical (unpaired) electrons. The summed E-state index contributed by atoms with van der Waals surface area (Å²) >= 11 is 0. The van der Waals surface area contributed by atoms with Gasteiger partial charge in [0, 0.05) is 12.6 Å². The van der Waals surface area contributed by atoms with Crippen LogP contribution in [-0.4, -0.2) is 18.8 Å². The molecule has 4 heteroatoms. The van der Waals surface area contributed by atoms with Crippen molar-refractivity contribution in [3.8, 4) is 6.07 Å². The van der Waals surface area contributed by atoms with Crippen molar-refractivity contribution in [3.63, 3.8) is 0 Å². The molecule has 0 bridgehead atoms. The van der Waals surface area contributed by atoms with Gasteiger partial charge in [0.1, 0.15) is 0 Å². The topological polar surface area (TPSA) is 71.1 Å². The van der Waals surface area contributed by atoms with E-state index in [0.717, 1.165) is 23.9 Å². The predicted octanol–water partition coefficient (Wildman–Crippen LogP) is 5.10. The summed E-state index contributed by atoms with van der Waals surface area (Å²) in [5.74, 6) is 0.825. The largest absolute Gasteiger partial charge is 0.397 e. The van der Waals surface area contributed by atoms with Crippen LogP contribution in [0.15, 0.2) is 18.2 Å².